The van der Waals surface area contributed by atoms with E-state index in [9.17, 15) is 0 Å². The predicted octanol–water partition coefficient (Wildman–Crippen LogP) is 13.2. The Labute approximate surface area is 279 Å². The molecule has 9 aromatic rings. The summed E-state index contributed by atoms with van der Waals surface area (Å²) in [5.41, 5.74) is 12.0. The van der Waals surface area contributed by atoms with Crippen molar-refractivity contribution in [2.45, 2.75) is 0 Å². The number of hydrogen-bond acceptors (Lipinski definition) is 2. The molecule has 0 bridgehead atoms. The molecule has 0 fully saturated rings. The average Bonchev–Trinajstić information content (AvgIpc) is 3.55. The Morgan fingerprint density at radius 2 is 0.917 bits per heavy atom. The zero-order valence-electron chi connectivity index (χ0n) is 26.3. The molecule has 0 spiro atoms. The maximum atomic E-state index is 6.44. The number of para-hydroxylation sites is 2. The van der Waals surface area contributed by atoms with Crippen molar-refractivity contribution in [1.82, 2.24) is 0 Å². The standard InChI is InChI=1S/C46H31NO/c1-2-11-32(12-3-1)34-25-27-39(28-26-34)47(40-17-8-15-36(30-40)37-24-23-33-13-4-5-14-35(33)29-37)41-18-9-16-38(31-41)42-20-10-21-44-43-19-6-7-22-45(43)48-46(42)44/h1-31H. The van der Waals surface area contributed by atoms with Crippen molar-refractivity contribution < 1.29 is 4.42 Å². The third kappa shape index (κ3) is 5.01. The van der Waals surface area contributed by atoms with Crippen molar-refractivity contribution in [2.75, 3.05) is 4.90 Å². The molecule has 2 heteroatoms. The molecule has 0 saturated carbocycles. The highest BCUT2D eigenvalue weighted by atomic mass is 16.3. The molecule has 0 aliphatic heterocycles. The Bertz CT molecular complexity index is 2560. The monoisotopic (exact) mass is 613 g/mol. The van der Waals surface area contributed by atoms with Gasteiger partial charge in [-0.3, -0.25) is 0 Å². The van der Waals surface area contributed by atoms with Gasteiger partial charge in [0.25, 0.3) is 0 Å². The van der Waals surface area contributed by atoms with Crippen LogP contribution in [-0.2, 0) is 0 Å². The fraction of sp³-hybridized carbons (Fsp3) is 0. The third-order valence-corrected chi connectivity index (χ3v) is 9.24. The van der Waals surface area contributed by atoms with E-state index >= 15 is 0 Å². The van der Waals surface area contributed by atoms with Crippen LogP contribution in [-0.4, -0.2) is 0 Å². The summed E-state index contributed by atoms with van der Waals surface area (Å²) in [6.45, 7) is 0. The number of fused-ring (bicyclic) bond motifs is 4. The van der Waals surface area contributed by atoms with Gasteiger partial charge < -0.3 is 9.32 Å². The summed E-state index contributed by atoms with van der Waals surface area (Å²) >= 11 is 0. The highest BCUT2D eigenvalue weighted by Gasteiger charge is 2.17. The van der Waals surface area contributed by atoms with Crippen LogP contribution in [0.5, 0.6) is 0 Å². The maximum absolute atomic E-state index is 6.44. The van der Waals surface area contributed by atoms with E-state index in [4.69, 9.17) is 4.42 Å². The van der Waals surface area contributed by atoms with Crippen LogP contribution < -0.4 is 4.90 Å². The van der Waals surface area contributed by atoms with Crippen molar-refractivity contribution in [3.63, 3.8) is 0 Å². The number of nitrogens with zero attached hydrogens (tertiary/aromatic N) is 1. The molecule has 0 aliphatic rings. The fourth-order valence-electron chi connectivity index (χ4n) is 6.86. The van der Waals surface area contributed by atoms with Gasteiger partial charge in [-0.25, -0.2) is 0 Å². The lowest BCUT2D eigenvalue weighted by Gasteiger charge is -2.27. The minimum absolute atomic E-state index is 0.904. The summed E-state index contributed by atoms with van der Waals surface area (Å²) in [4.78, 5) is 2.35. The van der Waals surface area contributed by atoms with Gasteiger partial charge in [0.15, 0.2) is 0 Å². The van der Waals surface area contributed by atoms with Crippen molar-refractivity contribution in [2.24, 2.45) is 0 Å². The Kier molecular flexibility index (Phi) is 6.84. The van der Waals surface area contributed by atoms with E-state index in [1.165, 1.54) is 33.0 Å². The number of anilines is 3. The minimum atomic E-state index is 0.904. The van der Waals surface area contributed by atoms with Crippen LogP contribution in [0.1, 0.15) is 0 Å². The van der Waals surface area contributed by atoms with Gasteiger partial charge in [0.1, 0.15) is 11.2 Å². The Hall–Kier alpha value is -6.38. The van der Waals surface area contributed by atoms with Gasteiger partial charge in [-0.1, -0.05) is 140 Å². The van der Waals surface area contributed by atoms with Crippen LogP contribution in [0.3, 0.4) is 0 Å². The number of hydrogen-bond donors (Lipinski definition) is 0. The minimum Gasteiger partial charge on any atom is -0.455 e. The Morgan fingerprint density at radius 1 is 0.333 bits per heavy atom. The number of furan rings is 1. The zero-order valence-corrected chi connectivity index (χ0v) is 26.3. The van der Waals surface area contributed by atoms with Crippen LogP contribution in [0.25, 0.3) is 66.1 Å². The van der Waals surface area contributed by atoms with Crippen molar-refractivity contribution in [3.8, 4) is 33.4 Å². The topological polar surface area (TPSA) is 16.4 Å². The normalized spacial score (nSPS) is 11.3. The number of rotatable bonds is 6. The lowest BCUT2D eigenvalue weighted by molar-refractivity contribution is 0.670. The molecule has 9 rings (SSSR count). The SMILES string of the molecule is c1ccc(-c2ccc(N(c3cccc(-c4ccc5ccccc5c4)c3)c3cccc(-c4cccc5c4oc4ccccc45)c3)cc2)cc1. The predicted molar refractivity (Wildman–Crippen MR) is 202 cm³/mol. The third-order valence-electron chi connectivity index (χ3n) is 9.24. The summed E-state index contributed by atoms with van der Waals surface area (Å²) in [6.07, 6.45) is 0. The lowest BCUT2D eigenvalue weighted by Crippen LogP contribution is -2.10. The first-order valence-electron chi connectivity index (χ1n) is 16.3. The van der Waals surface area contributed by atoms with E-state index in [2.05, 4.69) is 181 Å². The first kappa shape index (κ1) is 27.9. The van der Waals surface area contributed by atoms with E-state index in [1.807, 2.05) is 12.1 Å². The molecule has 226 valence electrons. The second kappa shape index (κ2) is 11.8. The van der Waals surface area contributed by atoms with Gasteiger partial charge in [0, 0.05) is 33.4 Å². The Balaban J connectivity index is 1.18. The molecular formula is C46H31NO. The molecule has 0 atom stereocenters. The first-order chi connectivity index (χ1) is 23.8. The first-order valence-corrected chi connectivity index (χ1v) is 16.3. The van der Waals surface area contributed by atoms with E-state index in [-0.39, 0.29) is 0 Å². The van der Waals surface area contributed by atoms with Crippen LogP contribution in [0, 0.1) is 0 Å². The molecule has 1 aromatic heterocycles. The molecule has 0 radical (unpaired) electrons. The van der Waals surface area contributed by atoms with Gasteiger partial charge in [-0.15, -0.1) is 0 Å². The van der Waals surface area contributed by atoms with Crippen molar-refractivity contribution >= 4 is 49.8 Å². The largest absolute Gasteiger partial charge is 0.455 e. The summed E-state index contributed by atoms with van der Waals surface area (Å²) in [5, 5.41) is 4.75. The smallest absolute Gasteiger partial charge is 0.143 e. The van der Waals surface area contributed by atoms with Crippen LogP contribution in [0.15, 0.2) is 192 Å². The number of benzene rings is 8. The van der Waals surface area contributed by atoms with E-state index < -0.39 is 0 Å². The molecule has 2 nitrogen and oxygen atoms in total. The second-order valence-corrected chi connectivity index (χ2v) is 12.2. The molecule has 0 amide bonds. The van der Waals surface area contributed by atoms with Crippen molar-refractivity contribution in [3.05, 3.63) is 188 Å². The summed E-state index contributed by atoms with van der Waals surface area (Å²) in [7, 11) is 0. The molecular weight excluding hydrogens is 583 g/mol. The molecule has 0 N–H and O–H groups in total. The molecule has 8 aromatic carbocycles. The highest BCUT2D eigenvalue weighted by molar-refractivity contribution is 6.09. The van der Waals surface area contributed by atoms with Crippen LogP contribution in [0.4, 0.5) is 17.1 Å². The van der Waals surface area contributed by atoms with Gasteiger partial charge in [-0.05, 0) is 87.1 Å². The molecule has 0 saturated heterocycles. The lowest BCUT2D eigenvalue weighted by atomic mass is 9.99. The maximum Gasteiger partial charge on any atom is 0.143 e. The van der Waals surface area contributed by atoms with Gasteiger partial charge >= 0.3 is 0 Å². The van der Waals surface area contributed by atoms with E-state index in [0.29, 0.717) is 0 Å². The molecule has 1 heterocycles. The quantitative estimate of drug-likeness (QED) is 0.185. The molecule has 48 heavy (non-hydrogen) atoms. The van der Waals surface area contributed by atoms with Gasteiger partial charge in [0.05, 0.1) is 0 Å². The zero-order chi connectivity index (χ0) is 31.9. The van der Waals surface area contributed by atoms with Crippen LogP contribution in [0.2, 0.25) is 0 Å². The average molecular weight is 614 g/mol. The van der Waals surface area contributed by atoms with Crippen molar-refractivity contribution in [1.29, 1.82) is 0 Å². The fourth-order valence-corrected chi connectivity index (χ4v) is 6.86. The van der Waals surface area contributed by atoms with E-state index in [0.717, 1.165) is 50.1 Å². The van der Waals surface area contributed by atoms with E-state index in [1.54, 1.807) is 0 Å². The summed E-state index contributed by atoms with van der Waals surface area (Å²) < 4.78 is 6.44. The molecule has 0 unspecified atom stereocenters. The highest BCUT2D eigenvalue weighted by Crippen LogP contribution is 2.41. The van der Waals surface area contributed by atoms with Gasteiger partial charge in [-0.2, -0.15) is 0 Å². The Morgan fingerprint density at radius 3 is 1.75 bits per heavy atom. The molecule has 0 aliphatic carbocycles. The second-order valence-electron chi connectivity index (χ2n) is 12.2. The van der Waals surface area contributed by atoms with Crippen LogP contribution >= 0.6 is 0 Å². The summed E-state index contributed by atoms with van der Waals surface area (Å²) in [6, 6.07) is 67.0. The summed E-state index contributed by atoms with van der Waals surface area (Å²) in [5.74, 6) is 0. The van der Waals surface area contributed by atoms with Gasteiger partial charge in [0.2, 0.25) is 0 Å².